The molecule has 0 amide bonds. The molecule has 5 heteroatoms. The van der Waals surface area contributed by atoms with Crippen molar-refractivity contribution in [3.63, 3.8) is 0 Å². The number of para-hydroxylation sites is 1. The highest BCUT2D eigenvalue weighted by atomic mass is 16.5. The summed E-state index contributed by atoms with van der Waals surface area (Å²) in [6.45, 7) is 11.4. The summed E-state index contributed by atoms with van der Waals surface area (Å²) in [5.41, 5.74) is 0.709. The van der Waals surface area contributed by atoms with E-state index in [4.69, 9.17) is 9.84 Å². The number of fused-ring (bicyclic) bond motifs is 2. The van der Waals surface area contributed by atoms with Crippen molar-refractivity contribution in [2.75, 3.05) is 0 Å². The molecule has 5 nitrogen and oxygen atoms in total. The second-order valence-electron chi connectivity index (χ2n) is 8.11. The molecular formula is C21H28O5. The van der Waals surface area contributed by atoms with Crippen LogP contribution < -0.4 is 0 Å². The fourth-order valence-electron chi connectivity index (χ4n) is 4.15. The van der Waals surface area contributed by atoms with Crippen LogP contribution in [-0.4, -0.2) is 28.3 Å². The summed E-state index contributed by atoms with van der Waals surface area (Å²) in [5, 5.41) is 17.6. The van der Waals surface area contributed by atoms with Crippen LogP contribution in [0.3, 0.4) is 0 Å². The quantitative estimate of drug-likeness (QED) is 0.616. The first kappa shape index (κ1) is 20.0. The van der Waals surface area contributed by atoms with Crippen molar-refractivity contribution in [2.45, 2.75) is 53.1 Å². The number of hydrogen-bond acceptors (Lipinski definition) is 4. The second-order valence-corrected chi connectivity index (χ2v) is 8.11. The lowest BCUT2D eigenvalue weighted by molar-refractivity contribution is -0.132. The number of esters is 1. The molecule has 26 heavy (non-hydrogen) atoms. The minimum atomic E-state index is -0.935. The Morgan fingerprint density at radius 2 is 1.81 bits per heavy atom. The molecule has 3 atom stereocenters. The Hall–Kier alpha value is -2.30. The molecule has 0 spiro atoms. The SMILES string of the molecule is C=C(C)C(=O)O.CC1(C)C2CCC1(C)C(OC(=O)c1ccccc1O)C2. The van der Waals surface area contributed by atoms with Gasteiger partial charge in [0, 0.05) is 11.0 Å². The first-order chi connectivity index (χ1) is 12.0. The van der Waals surface area contributed by atoms with E-state index in [1.165, 1.54) is 19.4 Å². The van der Waals surface area contributed by atoms with E-state index >= 15 is 0 Å². The van der Waals surface area contributed by atoms with E-state index in [2.05, 4.69) is 27.4 Å². The largest absolute Gasteiger partial charge is 0.507 e. The number of aromatic hydroxyl groups is 1. The Labute approximate surface area is 154 Å². The van der Waals surface area contributed by atoms with Gasteiger partial charge in [0.1, 0.15) is 17.4 Å². The van der Waals surface area contributed by atoms with Crippen LogP contribution in [-0.2, 0) is 9.53 Å². The van der Waals surface area contributed by atoms with Crippen molar-refractivity contribution in [1.82, 2.24) is 0 Å². The molecule has 3 unspecified atom stereocenters. The Bertz CT molecular complexity index is 709. The second kappa shape index (κ2) is 7.14. The van der Waals surface area contributed by atoms with E-state index < -0.39 is 11.9 Å². The van der Waals surface area contributed by atoms with Gasteiger partial charge in [0.25, 0.3) is 0 Å². The van der Waals surface area contributed by atoms with Crippen molar-refractivity contribution in [1.29, 1.82) is 0 Å². The number of ether oxygens (including phenoxy) is 1. The predicted molar refractivity (Wildman–Crippen MR) is 99.0 cm³/mol. The monoisotopic (exact) mass is 360 g/mol. The third-order valence-electron chi connectivity index (χ3n) is 6.45. The van der Waals surface area contributed by atoms with Gasteiger partial charge >= 0.3 is 11.9 Å². The zero-order valence-electron chi connectivity index (χ0n) is 15.9. The smallest absolute Gasteiger partial charge is 0.342 e. The van der Waals surface area contributed by atoms with Crippen molar-refractivity contribution in [2.24, 2.45) is 16.7 Å². The summed E-state index contributed by atoms with van der Waals surface area (Å²) >= 11 is 0. The highest BCUT2D eigenvalue weighted by molar-refractivity contribution is 5.92. The summed E-state index contributed by atoms with van der Waals surface area (Å²) in [6, 6.07) is 6.57. The Morgan fingerprint density at radius 3 is 2.23 bits per heavy atom. The minimum absolute atomic E-state index is 0.00919. The molecule has 142 valence electrons. The maximum atomic E-state index is 12.3. The van der Waals surface area contributed by atoms with Gasteiger partial charge in [0.15, 0.2) is 0 Å². The van der Waals surface area contributed by atoms with Gasteiger partial charge in [-0.25, -0.2) is 9.59 Å². The third-order valence-corrected chi connectivity index (χ3v) is 6.45. The molecule has 0 heterocycles. The lowest BCUT2D eigenvalue weighted by atomic mass is 9.70. The van der Waals surface area contributed by atoms with E-state index in [-0.39, 0.29) is 33.8 Å². The Balaban J connectivity index is 0.000000352. The fraction of sp³-hybridized carbons (Fsp3) is 0.524. The summed E-state index contributed by atoms with van der Waals surface area (Å²) in [4.78, 5) is 21.9. The molecule has 2 fully saturated rings. The molecule has 2 bridgehead atoms. The maximum absolute atomic E-state index is 12.3. The minimum Gasteiger partial charge on any atom is -0.507 e. The molecule has 0 aliphatic heterocycles. The number of benzene rings is 1. The molecular weight excluding hydrogens is 332 g/mol. The zero-order valence-corrected chi connectivity index (χ0v) is 15.9. The molecule has 2 aliphatic carbocycles. The molecule has 2 saturated carbocycles. The molecule has 3 rings (SSSR count). The summed E-state index contributed by atoms with van der Waals surface area (Å²) < 4.78 is 5.75. The van der Waals surface area contributed by atoms with Gasteiger partial charge in [-0.1, -0.05) is 39.5 Å². The number of carbonyl (C=O) groups excluding carboxylic acids is 1. The van der Waals surface area contributed by atoms with E-state index in [9.17, 15) is 14.7 Å². The first-order valence-corrected chi connectivity index (χ1v) is 8.88. The van der Waals surface area contributed by atoms with Crippen LogP contribution in [0.4, 0.5) is 0 Å². The average molecular weight is 360 g/mol. The van der Waals surface area contributed by atoms with E-state index in [0.29, 0.717) is 5.92 Å². The third kappa shape index (κ3) is 3.48. The van der Waals surface area contributed by atoms with Crippen LogP contribution in [0, 0.1) is 16.7 Å². The van der Waals surface area contributed by atoms with Gasteiger partial charge < -0.3 is 14.9 Å². The molecule has 0 saturated heterocycles. The van der Waals surface area contributed by atoms with Crippen molar-refractivity contribution in [3.8, 4) is 5.75 Å². The van der Waals surface area contributed by atoms with Crippen molar-refractivity contribution >= 4 is 11.9 Å². The van der Waals surface area contributed by atoms with Crippen LogP contribution in [0.25, 0.3) is 0 Å². The number of phenolic OH excluding ortho intramolecular Hbond substituents is 1. The molecule has 2 N–H and O–H groups in total. The molecule has 1 aromatic rings. The number of carbonyl (C=O) groups is 2. The number of carboxylic acid groups (broad SMARTS) is 1. The van der Waals surface area contributed by atoms with Gasteiger partial charge in [0.2, 0.25) is 0 Å². The number of carboxylic acids is 1. The van der Waals surface area contributed by atoms with E-state index in [0.717, 1.165) is 12.8 Å². The van der Waals surface area contributed by atoms with E-state index in [1.807, 2.05) is 0 Å². The molecule has 1 aromatic carbocycles. The average Bonchev–Trinajstić information content (AvgIpc) is 2.89. The Morgan fingerprint density at radius 1 is 1.23 bits per heavy atom. The van der Waals surface area contributed by atoms with Crippen LogP contribution in [0.1, 0.15) is 57.3 Å². The number of hydrogen-bond donors (Lipinski definition) is 2. The predicted octanol–water partition coefficient (Wildman–Crippen LogP) is 4.41. The highest BCUT2D eigenvalue weighted by Gasteiger charge is 2.62. The summed E-state index contributed by atoms with van der Waals surface area (Å²) in [6.07, 6.45) is 3.25. The zero-order chi connectivity index (χ0) is 19.7. The lowest BCUT2D eigenvalue weighted by Gasteiger charge is -2.38. The van der Waals surface area contributed by atoms with Crippen LogP contribution in [0.2, 0.25) is 0 Å². The van der Waals surface area contributed by atoms with Crippen LogP contribution >= 0.6 is 0 Å². The Kier molecular flexibility index (Phi) is 5.49. The normalized spacial score (nSPS) is 28.0. The van der Waals surface area contributed by atoms with Gasteiger partial charge in [0.05, 0.1) is 0 Å². The highest BCUT2D eigenvalue weighted by Crippen LogP contribution is 2.66. The van der Waals surface area contributed by atoms with Gasteiger partial charge in [-0.3, -0.25) is 0 Å². The van der Waals surface area contributed by atoms with Gasteiger partial charge in [-0.15, -0.1) is 0 Å². The van der Waals surface area contributed by atoms with Gasteiger partial charge in [-0.05, 0) is 49.7 Å². The maximum Gasteiger partial charge on any atom is 0.342 e. The van der Waals surface area contributed by atoms with Crippen molar-refractivity contribution in [3.05, 3.63) is 42.0 Å². The van der Waals surface area contributed by atoms with Gasteiger partial charge in [-0.2, -0.15) is 0 Å². The van der Waals surface area contributed by atoms with Crippen molar-refractivity contribution < 1.29 is 24.5 Å². The van der Waals surface area contributed by atoms with E-state index in [1.54, 1.807) is 18.2 Å². The summed E-state index contributed by atoms with van der Waals surface area (Å²) in [7, 11) is 0. The topological polar surface area (TPSA) is 83.8 Å². The molecule has 0 radical (unpaired) electrons. The van der Waals surface area contributed by atoms with Crippen LogP contribution in [0.5, 0.6) is 5.75 Å². The first-order valence-electron chi connectivity index (χ1n) is 8.88. The molecule has 0 aromatic heterocycles. The fourth-order valence-corrected chi connectivity index (χ4v) is 4.15. The number of rotatable bonds is 3. The standard InChI is InChI=1S/C17H22O3.C4H6O2/c1-16(2)11-8-9-17(16,3)14(10-11)20-15(19)12-6-4-5-7-13(12)18;1-3(2)4(5)6/h4-7,11,14,18H,8-10H2,1-3H3;1H2,2H3,(H,5,6). The molecule has 2 aliphatic rings. The number of phenols is 1. The lowest BCUT2D eigenvalue weighted by Crippen LogP contribution is -2.38. The number of aliphatic carboxylic acids is 1. The summed E-state index contributed by atoms with van der Waals surface area (Å²) in [5.74, 6) is -0.715. The van der Waals surface area contributed by atoms with Crippen LogP contribution in [0.15, 0.2) is 36.4 Å².